The summed E-state index contributed by atoms with van der Waals surface area (Å²) in [6.07, 6.45) is 39.4. The molecule has 0 spiro atoms. The van der Waals surface area contributed by atoms with Crippen LogP contribution in [-0.2, 0) is 32.2 Å². The number of unbranched alkanes of at least 4 members (excludes halogenated alkanes) is 26. The highest BCUT2D eigenvalue weighted by Crippen LogP contribution is 2.26. The first-order valence-electron chi connectivity index (χ1n) is 27.4. The number of hydrogen-bond acceptors (Lipinski definition) is 6. The van der Waals surface area contributed by atoms with Crippen LogP contribution in [0.15, 0.2) is 60.7 Å². The van der Waals surface area contributed by atoms with Crippen molar-refractivity contribution >= 4 is 11.9 Å². The molecule has 0 aliphatic rings. The van der Waals surface area contributed by atoms with Crippen molar-refractivity contribution in [3.8, 4) is 0 Å². The highest BCUT2D eigenvalue weighted by Gasteiger charge is 2.37. The van der Waals surface area contributed by atoms with E-state index in [0.29, 0.717) is 0 Å². The van der Waals surface area contributed by atoms with E-state index in [1.807, 2.05) is 13.8 Å². The van der Waals surface area contributed by atoms with Crippen LogP contribution in [0.3, 0.4) is 0 Å². The van der Waals surface area contributed by atoms with Crippen molar-refractivity contribution in [2.45, 2.75) is 233 Å². The third-order valence-electron chi connectivity index (χ3n) is 13.3. The Labute approximate surface area is 395 Å². The molecule has 366 valence electrons. The Hall–Kier alpha value is -2.70. The molecule has 6 heteroatoms. The summed E-state index contributed by atoms with van der Waals surface area (Å²) < 4.78 is 11.2. The molecule has 0 aliphatic heterocycles. The van der Waals surface area contributed by atoms with Gasteiger partial charge in [0, 0.05) is 13.1 Å². The van der Waals surface area contributed by atoms with E-state index in [1.54, 1.807) is 0 Å². The van der Waals surface area contributed by atoms with Crippen LogP contribution in [0.5, 0.6) is 0 Å². The van der Waals surface area contributed by atoms with E-state index < -0.39 is 17.9 Å². The van der Waals surface area contributed by atoms with Gasteiger partial charge < -0.3 is 9.47 Å². The molecule has 0 amide bonds. The monoisotopic (exact) mass is 889 g/mol. The van der Waals surface area contributed by atoms with Crippen LogP contribution in [0.4, 0.5) is 0 Å². The molecule has 0 saturated carbocycles. The van der Waals surface area contributed by atoms with Gasteiger partial charge in [-0.25, -0.2) is 0 Å². The summed E-state index contributed by atoms with van der Waals surface area (Å²) in [4.78, 5) is 32.4. The van der Waals surface area contributed by atoms with Gasteiger partial charge in [-0.2, -0.15) is 0 Å². The lowest BCUT2D eigenvalue weighted by Gasteiger charge is -2.30. The highest BCUT2D eigenvalue weighted by molar-refractivity contribution is 5.95. The minimum Gasteiger partial charge on any atom is -0.465 e. The van der Waals surface area contributed by atoms with Gasteiger partial charge in [0.15, 0.2) is 5.92 Å². The van der Waals surface area contributed by atoms with E-state index in [2.05, 4.69) is 84.3 Å². The Morgan fingerprint density at radius 1 is 0.391 bits per heavy atom. The van der Waals surface area contributed by atoms with Crippen molar-refractivity contribution < 1.29 is 19.1 Å². The van der Waals surface area contributed by atoms with Crippen LogP contribution in [0.2, 0.25) is 0 Å². The first-order valence-corrected chi connectivity index (χ1v) is 27.4. The predicted octanol–water partition coefficient (Wildman–Crippen LogP) is 16.1. The first-order chi connectivity index (χ1) is 31.5. The molecule has 2 aromatic carbocycles. The van der Waals surface area contributed by atoms with Crippen molar-refractivity contribution in [3.05, 3.63) is 71.8 Å². The molecule has 0 N–H and O–H groups in total. The van der Waals surface area contributed by atoms with Crippen LogP contribution >= 0.6 is 0 Å². The lowest BCUT2D eigenvalue weighted by Crippen LogP contribution is -2.39. The molecule has 0 bridgehead atoms. The van der Waals surface area contributed by atoms with Crippen molar-refractivity contribution in [2.24, 2.45) is 11.8 Å². The van der Waals surface area contributed by atoms with E-state index in [1.165, 1.54) is 191 Å². The number of carbonyl (C=O) groups is 2. The summed E-state index contributed by atoms with van der Waals surface area (Å²) in [7, 11) is 0. The van der Waals surface area contributed by atoms with E-state index >= 15 is 0 Å². The van der Waals surface area contributed by atoms with Crippen molar-refractivity contribution in [3.63, 3.8) is 0 Å². The number of nitrogens with zero attached hydrogens (tertiary/aromatic N) is 2. The summed E-state index contributed by atoms with van der Waals surface area (Å²) in [6, 6.07) is 21.5. The Morgan fingerprint density at radius 2 is 0.672 bits per heavy atom. The van der Waals surface area contributed by atoms with Crippen LogP contribution in [0.25, 0.3) is 0 Å². The van der Waals surface area contributed by atoms with Gasteiger partial charge in [0.2, 0.25) is 0 Å². The number of carbonyl (C=O) groups excluding carboxylic acids is 2. The largest absolute Gasteiger partial charge is 0.465 e. The third-order valence-corrected chi connectivity index (χ3v) is 13.3. The van der Waals surface area contributed by atoms with Gasteiger partial charge in [0.1, 0.15) is 0 Å². The zero-order chi connectivity index (χ0) is 46.0. The lowest BCUT2D eigenvalue weighted by atomic mass is 9.86. The van der Waals surface area contributed by atoms with E-state index in [9.17, 15) is 9.59 Å². The molecule has 0 aromatic heterocycles. The predicted molar refractivity (Wildman–Crippen MR) is 274 cm³/mol. The quantitative estimate of drug-likeness (QED) is 0.0375. The fourth-order valence-electron chi connectivity index (χ4n) is 9.40. The van der Waals surface area contributed by atoms with E-state index in [4.69, 9.17) is 9.47 Å². The van der Waals surface area contributed by atoms with Crippen LogP contribution in [0.1, 0.15) is 231 Å². The smallest absolute Gasteiger partial charge is 0.320 e. The van der Waals surface area contributed by atoms with Gasteiger partial charge in [-0.1, -0.05) is 241 Å². The highest BCUT2D eigenvalue weighted by atomic mass is 16.6. The molecule has 0 heterocycles. The number of benzene rings is 2. The van der Waals surface area contributed by atoms with Crippen molar-refractivity contribution in [2.75, 3.05) is 39.4 Å². The average Bonchev–Trinajstić information content (AvgIpc) is 3.30. The van der Waals surface area contributed by atoms with Crippen molar-refractivity contribution in [1.82, 2.24) is 9.80 Å². The minimum absolute atomic E-state index is 0.178. The molecule has 6 nitrogen and oxygen atoms in total. The van der Waals surface area contributed by atoms with E-state index in [0.717, 1.165) is 52.1 Å². The first kappa shape index (κ1) is 57.4. The molecular weight excluding hydrogens is 789 g/mol. The molecule has 0 atom stereocenters. The molecule has 0 saturated heterocycles. The molecule has 0 radical (unpaired) electrons. The number of rotatable bonds is 45. The minimum atomic E-state index is -0.917. The Morgan fingerprint density at radius 3 is 0.953 bits per heavy atom. The van der Waals surface area contributed by atoms with Gasteiger partial charge in [0.05, 0.1) is 13.2 Å². The maximum absolute atomic E-state index is 13.7. The second-order valence-electron chi connectivity index (χ2n) is 19.0. The van der Waals surface area contributed by atoms with Gasteiger partial charge in [-0.15, -0.1) is 0 Å². The second-order valence-corrected chi connectivity index (χ2v) is 19.0. The molecule has 2 rings (SSSR count). The van der Waals surface area contributed by atoms with Gasteiger partial charge >= 0.3 is 11.9 Å². The number of ether oxygens (including phenoxy) is 2. The Kier molecular flexibility index (Phi) is 37.4. The van der Waals surface area contributed by atoms with Gasteiger partial charge in [-0.05, 0) is 82.8 Å². The van der Waals surface area contributed by atoms with Gasteiger partial charge in [-0.3, -0.25) is 19.4 Å². The standard InChI is InChI=1S/C58H100N2O4/c1-5-9-11-13-15-17-19-21-23-25-27-29-31-39-47-59(51-53-41-35-33-36-42-53)49-45-55(56(57(61)63-7-3)58(62)64-8-4)46-50-60(52-54-43-37-34-38-44-54)48-40-32-30-28-26-24-22-20-18-16-14-12-10-6-2/h33-38,41-44,55-56H,5-32,39-40,45-52H2,1-4H3. The SMILES string of the molecule is CCCCCCCCCCCCCCCCN(CCC(CCN(CCCCCCCCCCCCCCCC)Cc1ccccc1)C(C(=O)OCC)C(=O)OCC)Cc1ccccc1. The molecule has 2 aromatic rings. The molecular formula is C58H100N2O4. The summed E-state index contributed by atoms with van der Waals surface area (Å²) in [5.41, 5.74) is 2.61. The lowest BCUT2D eigenvalue weighted by molar-refractivity contribution is -0.165. The van der Waals surface area contributed by atoms with E-state index in [-0.39, 0.29) is 19.1 Å². The van der Waals surface area contributed by atoms with Crippen LogP contribution in [0, 0.1) is 11.8 Å². The summed E-state index contributed by atoms with van der Waals surface area (Å²) in [5.74, 6) is -1.97. The average molecular weight is 889 g/mol. The third kappa shape index (κ3) is 30.5. The van der Waals surface area contributed by atoms with Crippen LogP contribution in [-0.4, -0.2) is 61.1 Å². The molecule has 0 unspecified atom stereocenters. The van der Waals surface area contributed by atoms with Crippen LogP contribution < -0.4 is 0 Å². The number of esters is 2. The normalized spacial score (nSPS) is 11.7. The maximum atomic E-state index is 13.7. The van der Waals surface area contributed by atoms with Crippen molar-refractivity contribution in [1.29, 1.82) is 0 Å². The maximum Gasteiger partial charge on any atom is 0.320 e. The molecule has 64 heavy (non-hydrogen) atoms. The Balaban J connectivity index is 2.01. The summed E-state index contributed by atoms with van der Waals surface area (Å²) >= 11 is 0. The topological polar surface area (TPSA) is 59.1 Å². The Bertz CT molecular complexity index is 1220. The number of hydrogen-bond donors (Lipinski definition) is 0. The molecule has 0 aliphatic carbocycles. The fraction of sp³-hybridized carbons (Fsp3) is 0.759. The van der Waals surface area contributed by atoms with Gasteiger partial charge in [0.25, 0.3) is 0 Å². The second kappa shape index (κ2) is 41.7. The summed E-state index contributed by atoms with van der Waals surface area (Å²) in [5, 5.41) is 0. The molecule has 0 fully saturated rings. The fourth-order valence-corrected chi connectivity index (χ4v) is 9.40. The zero-order valence-electron chi connectivity index (χ0n) is 42.3. The zero-order valence-corrected chi connectivity index (χ0v) is 42.3. The summed E-state index contributed by atoms with van der Waals surface area (Å²) in [6.45, 7) is 14.2.